The summed E-state index contributed by atoms with van der Waals surface area (Å²) in [5, 5.41) is 0. The van der Waals surface area contributed by atoms with Gasteiger partial charge in [-0.1, -0.05) is 19.4 Å². The topological polar surface area (TPSA) is 51.7 Å². The van der Waals surface area contributed by atoms with Gasteiger partial charge in [0.15, 0.2) is 0 Å². The zero-order valence-corrected chi connectivity index (χ0v) is 13.9. The maximum atomic E-state index is 12.1. The number of unbranched alkanes of at least 4 members (excludes halogenated alkanes) is 1. The Kier molecular flexibility index (Phi) is 5.28. The summed E-state index contributed by atoms with van der Waals surface area (Å²) in [5.41, 5.74) is 0.789. The van der Waals surface area contributed by atoms with E-state index in [0.29, 0.717) is 25.6 Å². The molecule has 0 saturated carbocycles. The third kappa shape index (κ3) is 3.72. The van der Waals surface area contributed by atoms with E-state index in [1.165, 1.54) is 0 Å². The van der Waals surface area contributed by atoms with Crippen molar-refractivity contribution in [2.45, 2.75) is 44.8 Å². The van der Waals surface area contributed by atoms with Gasteiger partial charge in [-0.3, -0.25) is 9.78 Å². The van der Waals surface area contributed by atoms with Crippen molar-refractivity contribution < 1.29 is 14.3 Å². The fourth-order valence-corrected chi connectivity index (χ4v) is 3.42. The van der Waals surface area contributed by atoms with Crippen molar-refractivity contribution in [1.82, 2.24) is 9.88 Å². The number of nitrogens with zero attached hydrogens (tertiary/aromatic N) is 2. The summed E-state index contributed by atoms with van der Waals surface area (Å²) in [4.78, 5) is 18.3. The molecule has 1 aromatic rings. The van der Waals surface area contributed by atoms with E-state index >= 15 is 0 Å². The molecule has 3 rings (SSSR count). The van der Waals surface area contributed by atoms with Crippen LogP contribution in [0.5, 0.6) is 0 Å². The first-order chi connectivity index (χ1) is 11.2. The first-order valence-corrected chi connectivity index (χ1v) is 8.63. The lowest BCUT2D eigenvalue weighted by atomic mass is 9.81. The Labute approximate surface area is 138 Å². The van der Waals surface area contributed by atoms with Gasteiger partial charge in [0.1, 0.15) is 5.60 Å². The summed E-state index contributed by atoms with van der Waals surface area (Å²) in [6.45, 7) is 5.55. The SMILES string of the molecule is CCCCC(=O)N1CC2(C1)OCC[C@@H]2COCc1ccccn1. The Morgan fingerprint density at radius 1 is 1.48 bits per heavy atom. The van der Waals surface area contributed by atoms with Crippen LogP contribution in [0, 0.1) is 5.92 Å². The smallest absolute Gasteiger partial charge is 0.222 e. The molecular weight excluding hydrogens is 292 g/mol. The number of rotatable bonds is 7. The zero-order valence-electron chi connectivity index (χ0n) is 13.9. The molecule has 1 aromatic heterocycles. The van der Waals surface area contributed by atoms with Gasteiger partial charge in [-0.2, -0.15) is 0 Å². The summed E-state index contributed by atoms with van der Waals surface area (Å²) in [6.07, 6.45) is 5.49. The van der Waals surface area contributed by atoms with Crippen LogP contribution < -0.4 is 0 Å². The number of pyridine rings is 1. The highest BCUT2D eigenvalue weighted by atomic mass is 16.5. The van der Waals surface area contributed by atoms with Gasteiger partial charge in [-0.25, -0.2) is 0 Å². The van der Waals surface area contributed by atoms with Gasteiger partial charge >= 0.3 is 0 Å². The highest BCUT2D eigenvalue weighted by Gasteiger charge is 2.54. The number of hydrogen-bond donors (Lipinski definition) is 0. The van der Waals surface area contributed by atoms with Gasteiger partial charge in [0.25, 0.3) is 0 Å². The Bertz CT molecular complexity index is 514. The van der Waals surface area contributed by atoms with E-state index in [0.717, 1.165) is 44.7 Å². The van der Waals surface area contributed by atoms with Crippen LogP contribution >= 0.6 is 0 Å². The predicted molar refractivity (Wildman–Crippen MR) is 86.8 cm³/mol. The number of hydrogen-bond acceptors (Lipinski definition) is 4. The van der Waals surface area contributed by atoms with Crippen molar-refractivity contribution in [2.75, 3.05) is 26.3 Å². The second-order valence-corrected chi connectivity index (χ2v) is 6.59. The maximum Gasteiger partial charge on any atom is 0.222 e. The van der Waals surface area contributed by atoms with Crippen molar-refractivity contribution in [1.29, 1.82) is 0 Å². The van der Waals surface area contributed by atoms with E-state index < -0.39 is 0 Å². The van der Waals surface area contributed by atoms with Crippen molar-refractivity contribution >= 4 is 5.91 Å². The predicted octanol–water partition coefficient (Wildman–Crippen LogP) is 2.41. The minimum atomic E-state index is -0.161. The molecule has 5 heteroatoms. The van der Waals surface area contributed by atoms with Crippen molar-refractivity contribution in [3.63, 3.8) is 0 Å². The molecule has 2 aliphatic heterocycles. The lowest BCUT2D eigenvalue weighted by Gasteiger charge is -2.50. The maximum absolute atomic E-state index is 12.1. The minimum absolute atomic E-state index is 0.161. The third-order valence-electron chi connectivity index (χ3n) is 4.91. The molecule has 2 fully saturated rings. The van der Waals surface area contributed by atoms with E-state index in [9.17, 15) is 4.79 Å². The normalized spacial score (nSPS) is 22.3. The summed E-state index contributed by atoms with van der Waals surface area (Å²) < 4.78 is 11.8. The van der Waals surface area contributed by atoms with Crippen molar-refractivity contribution in [2.24, 2.45) is 5.92 Å². The summed E-state index contributed by atoms with van der Waals surface area (Å²) >= 11 is 0. The molecule has 2 aliphatic rings. The Morgan fingerprint density at radius 2 is 2.35 bits per heavy atom. The average molecular weight is 318 g/mol. The van der Waals surface area contributed by atoms with Crippen LogP contribution in [-0.2, 0) is 20.9 Å². The fraction of sp³-hybridized carbons (Fsp3) is 0.667. The van der Waals surface area contributed by atoms with Gasteiger partial charge in [0.05, 0.1) is 32.0 Å². The molecular formula is C18H26N2O3. The average Bonchev–Trinajstić information content (AvgIpc) is 2.96. The van der Waals surface area contributed by atoms with Crippen LogP contribution in [0.1, 0.15) is 38.3 Å². The van der Waals surface area contributed by atoms with E-state index in [-0.39, 0.29) is 11.5 Å². The van der Waals surface area contributed by atoms with E-state index in [4.69, 9.17) is 9.47 Å². The Morgan fingerprint density at radius 3 is 3.09 bits per heavy atom. The third-order valence-corrected chi connectivity index (χ3v) is 4.91. The van der Waals surface area contributed by atoms with Crippen LogP contribution in [0.4, 0.5) is 0 Å². The largest absolute Gasteiger partial charge is 0.375 e. The highest BCUT2D eigenvalue weighted by molar-refractivity contribution is 5.77. The Balaban J connectivity index is 1.45. The highest BCUT2D eigenvalue weighted by Crippen LogP contribution is 2.40. The summed E-state index contributed by atoms with van der Waals surface area (Å²) in [6, 6.07) is 5.85. The second kappa shape index (κ2) is 7.41. The van der Waals surface area contributed by atoms with E-state index in [2.05, 4.69) is 11.9 Å². The molecule has 1 atom stereocenters. The summed E-state index contributed by atoms with van der Waals surface area (Å²) in [5.74, 6) is 0.641. The molecule has 0 bridgehead atoms. The quantitative estimate of drug-likeness (QED) is 0.775. The van der Waals surface area contributed by atoms with Crippen LogP contribution in [-0.4, -0.2) is 47.7 Å². The van der Waals surface area contributed by atoms with Crippen molar-refractivity contribution in [3.8, 4) is 0 Å². The zero-order chi connectivity index (χ0) is 16.1. The molecule has 0 aromatic carbocycles. The molecule has 5 nitrogen and oxygen atoms in total. The molecule has 0 N–H and O–H groups in total. The lowest BCUT2D eigenvalue weighted by molar-refractivity contribution is -0.169. The van der Waals surface area contributed by atoms with E-state index in [1.54, 1.807) is 6.20 Å². The summed E-state index contributed by atoms with van der Waals surface area (Å²) in [7, 11) is 0. The molecule has 2 saturated heterocycles. The van der Waals surface area contributed by atoms with Gasteiger partial charge in [-0.05, 0) is 25.0 Å². The Hall–Kier alpha value is -1.46. The van der Waals surface area contributed by atoms with Crippen LogP contribution in [0.25, 0.3) is 0 Å². The molecule has 126 valence electrons. The first kappa shape index (κ1) is 16.4. The van der Waals surface area contributed by atoms with Crippen LogP contribution in [0.15, 0.2) is 24.4 Å². The molecule has 23 heavy (non-hydrogen) atoms. The number of ether oxygens (including phenoxy) is 2. The van der Waals surface area contributed by atoms with E-state index in [1.807, 2.05) is 23.1 Å². The second-order valence-electron chi connectivity index (χ2n) is 6.59. The van der Waals surface area contributed by atoms with Gasteiger partial charge in [-0.15, -0.1) is 0 Å². The van der Waals surface area contributed by atoms with Gasteiger partial charge in [0, 0.05) is 25.1 Å². The van der Waals surface area contributed by atoms with Crippen LogP contribution in [0.2, 0.25) is 0 Å². The first-order valence-electron chi connectivity index (χ1n) is 8.63. The number of carbonyl (C=O) groups excluding carboxylic acids is 1. The molecule has 0 radical (unpaired) electrons. The standard InChI is InChI=1S/C18H26N2O3/c1-2-3-7-17(21)20-13-18(14-20)15(8-10-23-18)11-22-12-16-6-4-5-9-19-16/h4-6,9,15H,2-3,7-8,10-14H2,1H3/t15-/m1/s1. The number of likely N-dealkylation sites (tertiary alicyclic amines) is 1. The molecule has 1 spiro atoms. The molecule has 3 heterocycles. The number of aromatic nitrogens is 1. The molecule has 1 amide bonds. The lowest BCUT2D eigenvalue weighted by Crippen LogP contribution is -2.66. The van der Waals surface area contributed by atoms with Crippen LogP contribution in [0.3, 0.4) is 0 Å². The number of amides is 1. The number of carbonyl (C=O) groups is 1. The fourth-order valence-electron chi connectivity index (χ4n) is 3.42. The van der Waals surface area contributed by atoms with Gasteiger partial charge < -0.3 is 14.4 Å². The van der Waals surface area contributed by atoms with Crippen molar-refractivity contribution in [3.05, 3.63) is 30.1 Å². The minimum Gasteiger partial charge on any atom is -0.375 e. The monoisotopic (exact) mass is 318 g/mol. The molecule has 0 aliphatic carbocycles. The van der Waals surface area contributed by atoms with Gasteiger partial charge in [0.2, 0.25) is 5.91 Å². The molecule has 0 unspecified atom stereocenters.